The summed E-state index contributed by atoms with van der Waals surface area (Å²) in [5.41, 5.74) is 0.807. The predicted molar refractivity (Wildman–Crippen MR) is 66.8 cm³/mol. The smallest absolute Gasteiger partial charge is 0.239 e. The Morgan fingerprint density at radius 2 is 1.72 bits per heavy atom. The minimum atomic E-state index is -0.190. The number of pyridine rings is 1. The number of aromatic nitrogens is 1. The Hall–Kier alpha value is -1.97. The maximum Gasteiger partial charge on any atom is 0.239 e. The number of hydrogen-bond acceptors (Lipinski definition) is 3. The Kier molecular flexibility index (Phi) is 2.51. The number of amides is 2. The van der Waals surface area contributed by atoms with E-state index >= 15 is 0 Å². The molecule has 0 N–H and O–H groups in total. The van der Waals surface area contributed by atoms with Crippen LogP contribution < -0.4 is 4.90 Å². The highest BCUT2D eigenvalue weighted by Gasteiger charge is 2.48. The highest BCUT2D eigenvalue weighted by molar-refractivity contribution is 6.21. The molecule has 2 unspecified atom stereocenters. The monoisotopic (exact) mass is 242 g/mol. The lowest BCUT2D eigenvalue weighted by Gasteiger charge is -2.14. The van der Waals surface area contributed by atoms with E-state index in [9.17, 15) is 9.59 Å². The molecule has 2 aliphatic rings. The first-order valence-corrected chi connectivity index (χ1v) is 6.15. The maximum absolute atomic E-state index is 12.3. The fraction of sp³-hybridized carbons (Fsp3) is 0.357. The van der Waals surface area contributed by atoms with Gasteiger partial charge in [0.15, 0.2) is 0 Å². The average molecular weight is 242 g/mol. The lowest BCUT2D eigenvalue weighted by atomic mass is 9.85. The summed E-state index contributed by atoms with van der Waals surface area (Å²) >= 11 is 0. The molecule has 2 amide bonds. The molecule has 0 saturated carbocycles. The number of carbonyl (C=O) groups is 2. The van der Waals surface area contributed by atoms with E-state index in [0.29, 0.717) is 18.7 Å². The highest BCUT2D eigenvalue weighted by atomic mass is 16.2. The summed E-state index contributed by atoms with van der Waals surface area (Å²) in [7, 11) is 0. The zero-order valence-electron chi connectivity index (χ0n) is 10.2. The molecule has 4 nitrogen and oxygen atoms in total. The lowest BCUT2D eigenvalue weighted by Crippen LogP contribution is -2.31. The third-order valence-corrected chi connectivity index (χ3v) is 3.61. The van der Waals surface area contributed by atoms with Gasteiger partial charge in [-0.2, -0.15) is 0 Å². The highest BCUT2D eigenvalue weighted by Crippen LogP contribution is 2.36. The fourth-order valence-electron chi connectivity index (χ4n) is 2.68. The predicted octanol–water partition coefficient (Wildman–Crippen LogP) is 1.85. The van der Waals surface area contributed by atoms with Crippen molar-refractivity contribution in [3.63, 3.8) is 0 Å². The van der Waals surface area contributed by atoms with E-state index in [2.05, 4.69) is 4.98 Å². The molecule has 18 heavy (non-hydrogen) atoms. The number of allylic oxidation sites excluding steroid dienone is 2. The van der Waals surface area contributed by atoms with Gasteiger partial charge in [-0.05, 0) is 31.9 Å². The first-order valence-electron chi connectivity index (χ1n) is 6.15. The quantitative estimate of drug-likeness (QED) is 0.557. The number of rotatable bonds is 1. The van der Waals surface area contributed by atoms with Crippen molar-refractivity contribution in [2.24, 2.45) is 11.8 Å². The molecule has 0 bridgehead atoms. The Balaban J connectivity index is 1.99. The van der Waals surface area contributed by atoms with Gasteiger partial charge in [-0.1, -0.05) is 18.2 Å². The number of nitrogens with zero attached hydrogens (tertiary/aromatic N) is 2. The number of aryl methyl sites for hydroxylation is 1. The number of anilines is 1. The zero-order chi connectivity index (χ0) is 12.7. The van der Waals surface area contributed by atoms with E-state index in [0.717, 1.165) is 5.69 Å². The van der Waals surface area contributed by atoms with Crippen molar-refractivity contribution in [2.75, 3.05) is 4.90 Å². The van der Waals surface area contributed by atoms with Crippen LogP contribution in [-0.2, 0) is 9.59 Å². The van der Waals surface area contributed by atoms with Gasteiger partial charge in [0.25, 0.3) is 0 Å². The van der Waals surface area contributed by atoms with Crippen LogP contribution in [0.2, 0.25) is 0 Å². The standard InChI is InChI=1S/C14H14N2O2/c1-9-5-4-8-12(15-9)16-13(17)10-6-2-3-7-11(10)14(16)18/h2-5,8,10-11H,6-7H2,1H3. The van der Waals surface area contributed by atoms with Crippen LogP contribution in [0.3, 0.4) is 0 Å². The molecule has 1 aliphatic carbocycles. The zero-order valence-corrected chi connectivity index (χ0v) is 10.2. The Bertz CT molecular complexity index is 524. The van der Waals surface area contributed by atoms with Crippen molar-refractivity contribution in [1.29, 1.82) is 0 Å². The van der Waals surface area contributed by atoms with Gasteiger partial charge in [-0.15, -0.1) is 0 Å². The molecule has 1 aromatic rings. The topological polar surface area (TPSA) is 50.3 Å². The molecular formula is C14H14N2O2. The van der Waals surface area contributed by atoms with Crippen molar-refractivity contribution in [2.45, 2.75) is 19.8 Å². The van der Waals surface area contributed by atoms with E-state index in [1.165, 1.54) is 4.90 Å². The van der Waals surface area contributed by atoms with Crippen LogP contribution in [0.5, 0.6) is 0 Å². The van der Waals surface area contributed by atoms with Crippen molar-refractivity contribution in [3.8, 4) is 0 Å². The fourth-order valence-corrected chi connectivity index (χ4v) is 2.68. The van der Waals surface area contributed by atoms with Crippen molar-refractivity contribution < 1.29 is 9.59 Å². The van der Waals surface area contributed by atoms with Crippen molar-refractivity contribution >= 4 is 17.6 Å². The Morgan fingerprint density at radius 3 is 2.28 bits per heavy atom. The Labute approximate surface area is 105 Å². The van der Waals surface area contributed by atoms with Crippen LogP contribution in [0.25, 0.3) is 0 Å². The second kappa shape index (κ2) is 4.05. The van der Waals surface area contributed by atoms with Gasteiger partial charge in [0.2, 0.25) is 11.8 Å². The summed E-state index contributed by atoms with van der Waals surface area (Å²) in [6.45, 7) is 1.85. The van der Waals surface area contributed by atoms with Gasteiger partial charge in [-0.25, -0.2) is 9.88 Å². The molecule has 0 radical (unpaired) electrons. The summed E-state index contributed by atoms with van der Waals surface area (Å²) in [6.07, 6.45) is 5.30. The lowest BCUT2D eigenvalue weighted by molar-refractivity contribution is -0.122. The first kappa shape index (κ1) is 11.1. The van der Waals surface area contributed by atoms with Crippen LogP contribution in [0.15, 0.2) is 30.4 Å². The minimum absolute atomic E-state index is 0.104. The summed E-state index contributed by atoms with van der Waals surface area (Å²) in [4.78, 5) is 30.1. The van der Waals surface area contributed by atoms with Gasteiger partial charge >= 0.3 is 0 Å². The van der Waals surface area contributed by atoms with E-state index < -0.39 is 0 Å². The van der Waals surface area contributed by atoms with Gasteiger partial charge in [0.1, 0.15) is 5.82 Å². The molecule has 2 atom stereocenters. The van der Waals surface area contributed by atoms with Gasteiger partial charge in [0, 0.05) is 5.69 Å². The third kappa shape index (κ3) is 1.56. The summed E-state index contributed by atoms with van der Waals surface area (Å²) in [6, 6.07) is 5.38. The van der Waals surface area contributed by atoms with E-state index in [4.69, 9.17) is 0 Å². The molecule has 1 aromatic heterocycles. The molecule has 2 heterocycles. The number of carbonyl (C=O) groups excluding carboxylic acids is 2. The van der Waals surface area contributed by atoms with Gasteiger partial charge < -0.3 is 0 Å². The number of imide groups is 1. The maximum atomic E-state index is 12.3. The molecule has 92 valence electrons. The summed E-state index contributed by atoms with van der Waals surface area (Å²) in [5, 5.41) is 0. The van der Waals surface area contributed by atoms with E-state index in [1.54, 1.807) is 6.07 Å². The van der Waals surface area contributed by atoms with E-state index in [-0.39, 0.29) is 23.7 Å². The van der Waals surface area contributed by atoms with Crippen LogP contribution in [0.1, 0.15) is 18.5 Å². The second-order valence-electron chi connectivity index (χ2n) is 4.80. The molecule has 4 heteroatoms. The van der Waals surface area contributed by atoms with Crippen LogP contribution >= 0.6 is 0 Å². The summed E-state index contributed by atoms with van der Waals surface area (Å²) < 4.78 is 0. The third-order valence-electron chi connectivity index (χ3n) is 3.61. The SMILES string of the molecule is Cc1cccc(N2C(=O)C3CC=CCC3C2=O)n1. The van der Waals surface area contributed by atoms with Crippen molar-refractivity contribution in [3.05, 3.63) is 36.0 Å². The molecule has 3 rings (SSSR count). The Morgan fingerprint density at radius 1 is 1.11 bits per heavy atom. The number of hydrogen-bond donors (Lipinski definition) is 0. The molecule has 1 fully saturated rings. The van der Waals surface area contributed by atoms with Gasteiger partial charge in [0.05, 0.1) is 11.8 Å². The second-order valence-corrected chi connectivity index (χ2v) is 4.80. The van der Waals surface area contributed by atoms with Crippen LogP contribution in [0, 0.1) is 18.8 Å². The molecule has 1 saturated heterocycles. The number of fused-ring (bicyclic) bond motifs is 1. The molecule has 0 spiro atoms. The van der Waals surface area contributed by atoms with E-state index in [1.807, 2.05) is 31.2 Å². The molecular weight excluding hydrogens is 228 g/mol. The largest absolute Gasteiger partial charge is 0.274 e. The van der Waals surface area contributed by atoms with Crippen molar-refractivity contribution in [1.82, 2.24) is 4.98 Å². The minimum Gasteiger partial charge on any atom is -0.274 e. The average Bonchev–Trinajstić information content (AvgIpc) is 2.63. The molecule has 0 aromatic carbocycles. The summed E-state index contributed by atoms with van der Waals surface area (Å²) in [5.74, 6) is -0.131. The first-order chi connectivity index (χ1) is 8.68. The van der Waals surface area contributed by atoms with Crippen LogP contribution in [-0.4, -0.2) is 16.8 Å². The van der Waals surface area contributed by atoms with Crippen LogP contribution in [0.4, 0.5) is 5.82 Å². The molecule has 1 aliphatic heterocycles. The normalized spacial score (nSPS) is 26.6. The van der Waals surface area contributed by atoms with Gasteiger partial charge in [-0.3, -0.25) is 9.59 Å².